The third-order valence-corrected chi connectivity index (χ3v) is 5.84. The van der Waals surface area contributed by atoms with Gasteiger partial charge in [-0.2, -0.15) is 5.06 Å². The Balaban J connectivity index is 2.07. The smallest absolute Gasteiger partial charge is 0.347 e. The zero-order valence-corrected chi connectivity index (χ0v) is 18.7. The first kappa shape index (κ1) is 23.1. The number of carbonyl (C=O) groups is 3. The number of amides is 4. The fourth-order valence-electron chi connectivity index (χ4n) is 4.15. The molecule has 0 radical (unpaired) electrons. The molecule has 0 aromatic heterocycles. The molecule has 9 nitrogen and oxygen atoms in total. The summed E-state index contributed by atoms with van der Waals surface area (Å²) in [6.07, 6.45) is -1.22. The minimum absolute atomic E-state index is 0.443. The van der Waals surface area contributed by atoms with E-state index in [1.807, 2.05) is 19.1 Å². The van der Waals surface area contributed by atoms with Crippen LogP contribution in [0.3, 0.4) is 0 Å². The van der Waals surface area contributed by atoms with E-state index >= 15 is 0 Å². The first-order valence-corrected chi connectivity index (χ1v) is 10.2. The van der Waals surface area contributed by atoms with E-state index in [0.717, 1.165) is 16.0 Å². The maximum absolute atomic E-state index is 13.5. The minimum Gasteiger partial charge on any atom is -0.548 e. The van der Waals surface area contributed by atoms with E-state index in [1.165, 1.54) is 11.8 Å². The number of aryl methyl sites for hydroxylation is 2. The van der Waals surface area contributed by atoms with Gasteiger partial charge in [0, 0.05) is 5.69 Å². The number of hydroxylamine groups is 2. The Kier molecular flexibility index (Phi) is 6.13. The molecule has 1 saturated heterocycles. The summed E-state index contributed by atoms with van der Waals surface area (Å²) in [5.74, 6) is -1.44. The Bertz CT molecular complexity index is 1050. The molecule has 2 aromatic carbocycles. The van der Waals surface area contributed by atoms with Crippen LogP contribution in [0.1, 0.15) is 31.9 Å². The standard InChI is InChI=1S/C23H28N4O5/c1-14-10-6-8-12-17(14)24-21(30)27(32)20-23(4,5)26(16(3)19(28)29)22(31)25(20)18-13-9-7-11-15(18)2/h6-13,16,20,32H,1-5H3,(H,24,30)(H,28,29)/p-1/t16-,20-/m1/s1. The van der Waals surface area contributed by atoms with E-state index in [1.54, 1.807) is 57.2 Å². The van der Waals surface area contributed by atoms with Gasteiger partial charge in [-0.3, -0.25) is 10.1 Å². The summed E-state index contributed by atoms with van der Waals surface area (Å²) in [4.78, 5) is 40.5. The Labute approximate surface area is 186 Å². The van der Waals surface area contributed by atoms with Crippen LogP contribution in [-0.2, 0) is 4.79 Å². The van der Waals surface area contributed by atoms with Gasteiger partial charge in [0.1, 0.15) is 0 Å². The van der Waals surface area contributed by atoms with E-state index in [9.17, 15) is 24.7 Å². The number of hydrogen-bond acceptors (Lipinski definition) is 5. The molecule has 0 bridgehead atoms. The van der Waals surface area contributed by atoms with Gasteiger partial charge in [0.25, 0.3) is 0 Å². The van der Waals surface area contributed by atoms with Crippen LogP contribution < -0.4 is 15.3 Å². The van der Waals surface area contributed by atoms with Crippen molar-refractivity contribution >= 4 is 29.4 Å². The molecule has 0 unspecified atom stereocenters. The van der Waals surface area contributed by atoms with Crippen LogP contribution in [0.2, 0.25) is 0 Å². The van der Waals surface area contributed by atoms with Gasteiger partial charge in [0.15, 0.2) is 6.17 Å². The van der Waals surface area contributed by atoms with Crippen molar-refractivity contribution < 1.29 is 24.7 Å². The highest BCUT2D eigenvalue weighted by Gasteiger charge is 2.57. The molecule has 4 amide bonds. The normalized spacial score (nSPS) is 18.4. The average Bonchev–Trinajstić information content (AvgIpc) is 2.93. The number of anilines is 2. The largest absolute Gasteiger partial charge is 0.548 e. The van der Waals surface area contributed by atoms with Crippen molar-refractivity contribution in [2.45, 2.75) is 52.4 Å². The van der Waals surface area contributed by atoms with Gasteiger partial charge in [-0.25, -0.2) is 9.59 Å². The van der Waals surface area contributed by atoms with Crippen molar-refractivity contribution in [1.29, 1.82) is 0 Å². The number of urea groups is 2. The first-order valence-electron chi connectivity index (χ1n) is 10.2. The Hall–Kier alpha value is -3.59. The van der Waals surface area contributed by atoms with Crippen molar-refractivity contribution in [2.24, 2.45) is 0 Å². The molecule has 1 aliphatic heterocycles. The Morgan fingerprint density at radius 3 is 2.22 bits per heavy atom. The van der Waals surface area contributed by atoms with Crippen molar-refractivity contribution in [3.05, 3.63) is 59.7 Å². The quantitative estimate of drug-likeness (QED) is 0.549. The van der Waals surface area contributed by atoms with Gasteiger partial charge in [0.05, 0.1) is 23.2 Å². The number of aliphatic carboxylic acids is 1. The molecular weight excluding hydrogens is 412 g/mol. The summed E-state index contributed by atoms with van der Waals surface area (Å²) >= 11 is 0. The lowest BCUT2D eigenvalue weighted by molar-refractivity contribution is -0.311. The predicted octanol–water partition coefficient (Wildman–Crippen LogP) is 2.71. The summed E-state index contributed by atoms with van der Waals surface area (Å²) < 4.78 is 0. The van der Waals surface area contributed by atoms with Gasteiger partial charge in [-0.1, -0.05) is 36.4 Å². The zero-order valence-electron chi connectivity index (χ0n) is 18.7. The highest BCUT2D eigenvalue weighted by molar-refractivity contribution is 6.00. The molecule has 32 heavy (non-hydrogen) atoms. The molecule has 9 heteroatoms. The highest BCUT2D eigenvalue weighted by atomic mass is 16.5. The van der Waals surface area contributed by atoms with Crippen molar-refractivity contribution in [1.82, 2.24) is 9.96 Å². The van der Waals surface area contributed by atoms with Crippen LogP contribution >= 0.6 is 0 Å². The van der Waals surface area contributed by atoms with Crippen LogP contribution in [0.25, 0.3) is 0 Å². The summed E-state index contributed by atoms with van der Waals surface area (Å²) in [5, 5.41) is 25.7. The molecule has 0 saturated carbocycles. The fourth-order valence-corrected chi connectivity index (χ4v) is 4.15. The number of nitrogens with zero attached hydrogens (tertiary/aromatic N) is 3. The summed E-state index contributed by atoms with van der Waals surface area (Å²) in [5.41, 5.74) is 1.18. The van der Waals surface area contributed by atoms with Gasteiger partial charge in [0.2, 0.25) is 0 Å². The van der Waals surface area contributed by atoms with Crippen molar-refractivity contribution in [2.75, 3.05) is 10.2 Å². The monoisotopic (exact) mass is 439 g/mol. The van der Waals surface area contributed by atoms with Crippen molar-refractivity contribution in [3.63, 3.8) is 0 Å². The number of carboxylic acids is 1. The second-order valence-electron chi connectivity index (χ2n) is 8.42. The molecule has 2 atom stereocenters. The number of nitrogens with one attached hydrogen (secondary N) is 1. The molecule has 170 valence electrons. The van der Waals surface area contributed by atoms with Crippen LogP contribution in [-0.4, -0.2) is 50.9 Å². The van der Waals surface area contributed by atoms with E-state index in [4.69, 9.17) is 0 Å². The number of carboxylic acid groups (broad SMARTS) is 1. The van der Waals surface area contributed by atoms with Gasteiger partial charge >= 0.3 is 12.1 Å². The van der Waals surface area contributed by atoms with Crippen LogP contribution in [0.4, 0.5) is 21.0 Å². The maximum Gasteiger partial charge on any atom is 0.347 e. The molecular formula is C23H27N4O5-. The number of para-hydroxylation sites is 2. The van der Waals surface area contributed by atoms with Crippen LogP contribution in [0.15, 0.2) is 48.5 Å². The van der Waals surface area contributed by atoms with E-state index in [2.05, 4.69) is 5.32 Å². The minimum atomic E-state index is -1.44. The number of carbonyl (C=O) groups excluding carboxylic acids is 3. The van der Waals surface area contributed by atoms with E-state index < -0.39 is 35.8 Å². The molecule has 2 N–H and O–H groups in total. The maximum atomic E-state index is 13.5. The Morgan fingerprint density at radius 2 is 1.66 bits per heavy atom. The highest BCUT2D eigenvalue weighted by Crippen LogP contribution is 2.40. The van der Waals surface area contributed by atoms with E-state index in [0.29, 0.717) is 16.4 Å². The molecule has 0 aliphatic carbocycles. The number of benzene rings is 2. The van der Waals surface area contributed by atoms with Gasteiger partial charge < -0.3 is 20.1 Å². The lowest BCUT2D eigenvalue weighted by Gasteiger charge is -2.40. The zero-order chi connectivity index (χ0) is 23.8. The third kappa shape index (κ3) is 3.87. The molecule has 1 fully saturated rings. The topological polar surface area (TPSA) is 116 Å². The first-order chi connectivity index (χ1) is 15.0. The molecule has 2 aromatic rings. The van der Waals surface area contributed by atoms with Gasteiger partial charge in [-0.05, 0) is 57.9 Å². The van der Waals surface area contributed by atoms with E-state index in [-0.39, 0.29) is 0 Å². The summed E-state index contributed by atoms with van der Waals surface area (Å²) in [6.45, 7) is 8.12. The van der Waals surface area contributed by atoms with Crippen molar-refractivity contribution in [3.8, 4) is 0 Å². The average molecular weight is 439 g/mol. The second kappa shape index (κ2) is 8.51. The van der Waals surface area contributed by atoms with Crippen LogP contribution in [0.5, 0.6) is 0 Å². The summed E-state index contributed by atoms with van der Waals surface area (Å²) in [7, 11) is 0. The molecule has 1 aliphatic rings. The van der Waals surface area contributed by atoms with Gasteiger partial charge in [-0.15, -0.1) is 0 Å². The Morgan fingerprint density at radius 1 is 1.09 bits per heavy atom. The lowest BCUT2D eigenvalue weighted by atomic mass is 9.98. The molecule has 0 spiro atoms. The predicted molar refractivity (Wildman–Crippen MR) is 117 cm³/mol. The lowest BCUT2D eigenvalue weighted by Crippen LogP contribution is -2.60. The SMILES string of the molecule is Cc1ccccc1NC(=O)N(O)[C@H]1N(c2ccccc2C)C(=O)N([C@H](C)C(=O)[O-])C1(C)C. The molecule has 1 heterocycles. The third-order valence-electron chi connectivity index (χ3n) is 5.84. The number of rotatable bonds is 5. The fraction of sp³-hybridized carbons (Fsp3) is 0.348. The number of hydrogen-bond donors (Lipinski definition) is 2. The molecule has 3 rings (SSSR count). The second-order valence-corrected chi connectivity index (χ2v) is 8.42. The summed E-state index contributed by atoms with van der Waals surface area (Å²) in [6, 6.07) is 11.2. The van der Waals surface area contributed by atoms with Crippen LogP contribution in [0, 0.1) is 13.8 Å².